The quantitative estimate of drug-likeness (QED) is 0.791. The number of nitrogens with two attached hydrogens (primary N) is 1. The van der Waals surface area contributed by atoms with E-state index in [2.05, 4.69) is 5.32 Å². The second-order valence-corrected chi connectivity index (χ2v) is 4.75. The van der Waals surface area contributed by atoms with Crippen LogP contribution in [0.3, 0.4) is 0 Å². The molecule has 0 aliphatic heterocycles. The van der Waals surface area contributed by atoms with Crippen molar-refractivity contribution in [1.29, 1.82) is 0 Å². The van der Waals surface area contributed by atoms with E-state index >= 15 is 0 Å². The number of benzene rings is 1. The molecule has 0 saturated heterocycles. The van der Waals surface area contributed by atoms with Gasteiger partial charge in [0.1, 0.15) is 0 Å². The van der Waals surface area contributed by atoms with E-state index < -0.39 is 5.41 Å². The number of carbonyl (C=O) groups excluding carboxylic acids is 1. The van der Waals surface area contributed by atoms with Crippen LogP contribution in [0.1, 0.15) is 19.4 Å². The first-order valence-electron chi connectivity index (χ1n) is 5.02. The summed E-state index contributed by atoms with van der Waals surface area (Å²) in [7, 11) is 0. The Morgan fingerprint density at radius 3 is 2.56 bits per heavy atom. The molecule has 0 radical (unpaired) electrons. The molecule has 0 unspecified atom stereocenters. The van der Waals surface area contributed by atoms with E-state index in [1.54, 1.807) is 13.8 Å². The summed E-state index contributed by atoms with van der Waals surface area (Å²) < 4.78 is 0. The molecule has 0 aliphatic rings. The average molecular weight is 236 g/mol. The second kappa shape index (κ2) is 4.61. The molecule has 0 heterocycles. The van der Waals surface area contributed by atoms with Gasteiger partial charge in [-0.15, -0.1) is 0 Å². The van der Waals surface area contributed by atoms with E-state index in [0.717, 1.165) is 11.3 Å². The summed E-state index contributed by atoms with van der Waals surface area (Å²) in [6.45, 7) is 5.38. The van der Waals surface area contributed by atoms with Gasteiger partial charge < -0.3 is 11.1 Å². The fraction of sp³-hybridized carbons (Fsp3) is 0.333. The first-order valence-corrected chi connectivity index (χ1v) is 5.43. The summed E-state index contributed by atoms with van der Waals surface area (Å²) >= 11 is 4.87. The van der Waals surface area contributed by atoms with Crippen molar-refractivity contribution in [1.82, 2.24) is 0 Å². The van der Waals surface area contributed by atoms with Crippen molar-refractivity contribution in [3.63, 3.8) is 0 Å². The Balaban J connectivity index is 2.83. The average Bonchev–Trinajstić information content (AvgIpc) is 2.17. The molecule has 4 heteroatoms. The van der Waals surface area contributed by atoms with Crippen LogP contribution >= 0.6 is 12.2 Å². The smallest absolute Gasteiger partial charge is 0.236 e. The normalized spacial score (nSPS) is 10.9. The van der Waals surface area contributed by atoms with Crippen molar-refractivity contribution in [2.45, 2.75) is 20.8 Å². The highest BCUT2D eigenvalue weighted by atomic mass is 32.1. The van der Waals surface area contributed by atoms with Crippen molar-refractivity contribution >= 4 is 28.8 Å². The molecule has 0 spiro atoms. The molecule has 3 nitrogen and oxygen atoms in total. The lowest BCUT2D eigenvalue weighted by atomic mass is 9.92. The predicted octanol–water partition coefficient (Wildman–Crippen LogP) is 2.25. The first-order chi connectivity index (χ1) is 7.34. The predicted molar refractivity (Wildman–Crippen MR) is 70.4 cm³/mol. The number of amides is 1. The molecule has 0 aromatic heterocycles. The van der Waals surface area contributed by atoms with Crippen LogP contribution in [0.4, 0.5) is 5.69 Å². The SMILES string of the molecule is Cc1cccc(NC(=O)C(C)(C)C(N)=S)c1. The molecule has 1 aromatic rings. The number of nitrogens with one attached hydrogen (secondary N) is 1. The third-order valence-electron chi connectivity index (χ3n) is 2.46. The van der Waals surface area contributed by atoms with Crippen LogP contribution in [0.5, 0.6) is 0 Å². The van der Waals surface area contributed by atoms with Crippen LogP contribution in [0.15, 0.2) is 24.3 Å². The molecule has 0 bridgehead atoms. The Labute approximate surface area is 101 Å². The van der Waals surface area contributed by atoms with Gasteiger partial charge in [-0.25, -0.2) is 0 Å². The Kier molecular flexibility index (Phi) is 3.65. The Morgan fingerprint density at radius 2 is 2.06 bits per heavy atom. The van der Waals surface area contributed by atoms with Gasteiger partial charge in [-0.3, -0.25) is 4.79 Å². The number of rotatable bonds is 3. The third kappa shape index (κ3) is 2.79. The molecule has 86 valence electrons. The maximum atomic E-state index is 11.9. The van der Waals surface area contributed by atoms with Gasteiger partial charge in [-0.05, 0) is 38.5 Å². The molecule has 0 fully saturated rings. The van der Waals surface area contributed by atoms with Crippen LogP contribution in [0.25, 0.3) is 0 Å². The summed E-state index contributed by atoms with van der Waals surface area (Å²) in [5.41, 5.74) is 6.54. The van der Waals surface area contributed by atoms with Crippen LogP contribution < -0.4 is 11.1 Å². The minimum atomic E-state index is -0.834. The summed E-state index contributed by atoms with van der Waals surface area (Å²) in [5.74, 6) is -0.189. The molecule has 1 aromatic carbocycles. The molecule has 0 atom stereocenters. The van der Waals surface area contributed by atoms with E-state index in [0.29, 0.717) is 0 Å². The van der Waals surface area contributed by atoms with Crippen molar-refractivity contribution in [3.05, 3.63) is 29.8 Å². The lowest BCUT2D eigenvalue weighted by Gasteiger charge is -2.22. The first kappa shape index (κ1) is 12.6. The molecule has 0 aliphatic carbocycles. The van der Waals surface area contributed by atoms with E-state index in [4.69, 9.17) is 18.0 Å². The standard InChI is InChI=1S/C12H16N2OS/c1-8-5-4-6-9(7-8)14-11(15)12(2,3)10(13)16/h4-7H,1-3H3,(H2,13,16)(H,14,15). The van der Waals surface area contributed by atoms with Crippen LogP contribution in [0, 0.1) is 12.3 Å². The monoisotopic (exact) mass is 236 g/mol. The number of hydrogen-bond donors (Lipinski definition) is 2. The van der Waals surface area contributed by atoms with Gasteiger partial charge in [0.05, 0.1) is 10.4 Å². The topological polar surface area (TPSA) is 55.1 Å². The van der Waals surface area contributed by atoms with Crippen LogP contribution in [0.2, 0.25) is 0 Å². The molecular weight excluding hydrogens is 220 g/mol. The van der Waals surface area contributed by atoms with Gasteiger partial charge in [-0.1, -0.05) is 24.4 Å². The molecule has 0 saturated carbocycles. The van der Waals surface area contributed by atoms with Gasteiger partial charge in [0.2, 0.25) is 5.91 Å². The van der Waals surface area contributed by atoms with E-state index in [-0.39, 0.29) is 10.9 Å². The minimum Gasteiger partial charge on any atom is -0.392 e. The number of carbonyl (C=O) groups is 1. The van der Waals surface area contributed by atoms with Gasteiger partial charge in [-0.2, -0.15) is 0 Å². The van der Waals surface area contributed by atoms with Crippen molar-refractivity contribution in [2.75, 3.05) is 5.32 Å². The summed E-state index contributed by atoms with van der Waals surface area (Å²) in [6.07, 6.45) is 0. The molecular formula is C12H16N2OS. The zero-order valence-electron chi connectivity index (χ0n) is 9.70. The molecule has 1 amide bonds. The minimum absolute atomic E-state index is 0.189. The lowest BCUT2D eigenvalue weighted by Crippen LogP contribution is -2.41. The Morgan fingerprint density at radius 1 is 1.44 bits per heavy atom. The van der Waals surface area contributed by atoms with E-state index in [9.17, 15) is 4.79 Å². The third-order valence-corrected chi connectivity index (χ3v) is 2.97. The second-order valence-electron chi connectivity index (χ2n) is 4.31. The summed E-state index contributed by atoms with van der Waals surface area (Å²) in [4.78, 5) is 12.1. The van der Waals surface area contributed by atoms with Crippen molar-refractivity contribution in [2.24, 2.45) is 11.1 Å². The van der Waals surface area contributed by atoms with Gasteiger partial charge in [0.25, 0.3) is 0 Å². The van der Waals surface area contributed by atoms with Crippen molar-refractivity contribution in [3.8, 4) is 0 Å². The maximum Gasteiger partial charge on any atom is 0.236 e. The van der Waals surface area contributed by atoms with Crippen LogP contribution in [-0.4, -0.2) is 10.9 Å². The Bertz CT molecular complexity index is 427. The zero-order valence-corrected chi connectivity index (χ0v) is 10.5. The molecule has 3 N–H and O–H groups in total. The van der Waals surface area contributed by atoms with E-state index in [1.165, 1.54) is 0 Å². The number of aryl methyl sites for hydroxylation is 1. The number of thiocarbonyl (C=S) groups is 1. The number of anilines is 1. The summed E-state index contributed by atoms with van der Waals surface area (Å²) in [6, 6.07) is 7.58. The zero-order chi connectivity index (χ0) is 12.3. The van der Waals surface area contributed by atoms with E-state index in [1.807, 2.05) is 31.2 Å². The Hall–Kier alpha value is -1.42. The lowest BCUT2D eigenvalue weighted by molar-refractivity contribution is -0.121. The summed E-state index contributed by atoms with van der Waals surface area (Å²) in [5, 5.41) is 2.80. The fourth-order valence-electron chi connectivity index (χ4n) is 1.12. The largest absolute Gasteiger partial charge is 0.392 e. The molecule has 1 rings (SSSR count). The van der Waals surface area contributed by atoms with Gasteiger partial charge >= 0.3 is 0 Å². The van der Waals surface area contributed by atoms with Gasteiger partial charge in [0, 0.05) is 5.69 Å². The highest BCUT2D eigenvalue weighted by Crippen LogP contribution is 2.19. The highest BCUT2D eigenvalue weighted by molar-refractivity contribution is 7.80. The van der Waals surface area contributed by atoms with Gasteiger partial charge in [0.15, 0.2) is 0 Å². The fourth-order valence-corrected chi connectivity index (χ4v) is 1.21. The molecule has 16 heavy (non-hydrogen) atoms. The highest BCUT2D eigenvalue weighted by Gasteiger charge is 2.30. The van der Waals surface area contributed by atoms with Crippen molar-refractivity contribution < 1.29 is 4.79 Å². The number of hydrogen-bond acceptors (Lipinski definition) is 2. The maximum absolute atomic E-state index is 11.9. The van der Waals surface area contributed by atoms with Crippen LogP contribution in [-0.2, 0) is 4.79 Å².